The summed E-state index contributed by atoms with van der Waals surface area (Å²) in [4.78, 5) is 22.5. The molecule has 23 heavy (non-hydrogen) atoms. The monoisotopic (exact) mass is 331 g/mol. The van der Waals surface area contributed by atoms with Crippen molar-refractivity contribution in [3.8, 4) is 0 Å². The van der Waals surface area contributed by atoms with Crippen LogP contribution in [0.4, 0.5) is 0 Å². The van der Waals surface area contributed by atoms with E-state index in [1.165, 1.54) is 10.4 Å². The molecule has 1 amide bonds. The summed E-state index contributed by atoms with van der Waals surface area (Å²) in [6.07, 6.45) is 6.60. The van der Waals surface area contributed by atoms with Gasteiger partial charge in [-0.2, -0.15) is 5.10 Å². The molecule has 6 nitrogen and oxygen atoms in total. The lowest BCUT2D eigenvalue weighted by atomic mass is 10.1. The van der Waals surface area contributed by atoms with E-state index in [-0.39, 0.29) is 5.91 Å². The Morgan fingerprint density at radius 1 is 1.39 bits per heavy atom. The van der Waals surface area contributed by atoms with E-state index in [1.54, 1.807) is 12.7 Å². The van der Waals surface area contributed by atoms with E-state index in [0.717, 1.165) is 45.4 Å². The van der Waals surface area contributed by atoms with Crippen molar-refractivity contribution in [1.82, 2.24) is 24.6 Å². The van der Waals surface area contributed by atoms with E-state index in [9.17, 15) is 4.79 Å². The van der Waals surface area contributed by atoms with Gasteiger partial charge in [0.15, 0.2) is 0 Å². The van der Waals surface area contributed by atoms with Crippen LogP contribution in [-0.2, 0) is 24.3 Å². The number of aromatic nitrogens is 3. The minimum atomic E-state index is 0.257. The molecule has 2 aromatic heterocycles. The van der Waals surface area contributed by atoms with Crippen molar-refractivity contribution in [2.24, 2.45) is 0 Å². The fraction of sp³-hybridized carbons (Fsp3) is 0.562. The predicted molar refractivity (Wildman–Crippen MR) is 88.1 cm³/mol. The van der Waals surface area contributed by atoms with Gasteiger partial charge in [0.2, 0.25) is 5.91 Å². The fourth-order valence-electron chi connectivity index (χ4n) is 3.59. The van der Waals surface area contributed by atoms with Gasteiger partial charge in [0, 0.05) is 24.0 Å². The molecule has 0 spiro atoms. The minimum Gasteiger partial charge on any atom is -0.337 e. The molecule has 2 aliphatic heterocycles. The van der Waals surface area contributed by atoms with Gasteiger partial charge >= 0.3 is 0 Å². The number of hydrogen-bond acceptors (Lipinski definition) is 5. The number of amides is 1. The third kappa shape index (κ3) is 3.16. The summed E-state index contributed by atoms with van der Waals surface area (Å²) in [7, 11) is 0. The Balaban J connectivity index is 1.36. The molecule has 1 fully saturated rings. The molecular weight excluding hydrogens is 310 g/mol. The van der Waals surface area contributed by atoms with Crippen molar-refractivity contribution < 1.29 is 4.79 Å². The topological polar surface area (TPSA) is 54.3 Å². The number of likely N-dealkylation sites (tertiary alicyclic amines) is 1. The summed E-state index contributed by atoms with van der Waals surface area (Å²) in [5.74, 6) is 0.257. The van der Waals surface area contributed by atoms with Gasteiger partial charge in [0.25, 0.3) is 0 Å². The van der Waals surface area contributed by atoms with Crippen LogP contribution in [0.3, 0.4) is 0 Å². The summed E-state index contributed by atoms with van der Waals surface area (Å²) in [6, 6.07) is 2.55. The Hall–Kier alpha value is -1.73. The molecule has 122 valence electrons. The first-order chi connectivity index (χ1) is 11.3. The highest BCUT2D eigenvalue weighted by Crippen LogP contribution is 2.25. The first kappa shape index (κ1) is 14.8. The average molecular weight is 331 g/mol. The highest BCUT2D eigenvalue weighted by molar-refractivity contribution is 7.10. The maximum Gasteiger partial charge on any atom is 0.237 e. The normalized spacial score (nSPS) is 21.6. The quantitative estimate of drug-likeness (QED) is 0.849. The van der Waals surface area contributed by atoms with Crippen LogP contribution in [0.5, 0.6) is 0 Å². The zero-order valence-corrected chi connectivity index (χ0v) is 13.9. The Morgan fingerprint density at radius 3 is 3.22 bits per heavy atom. The Labute approximate surface area is 139 Å². The molecule has 0 aromatic carbocycles. The van der Waals surface area contributed by atoms with Crippen molar-refractivity contribution in [2.75, 3.05) is 19.6 Å². The molecule has 0 unspecified atom stereocenters. The smallest absolute Gasteiger partial charge is 0.237 e. The Bertz CT molecular complexity index is 668. The third-order valence-corrected chi connectivity index (χ3v) is 5.89. The second-order valence-corrected chi connectivity index (χ2v) is 7.32. The second-order valence-electron chi connectivity index (χ2n) is 6.32. The Morgan fingerprint density at radius 2 is 2.35 bits per heavy atom. The van der Waals surface area contributed by atoms with Gasteiger partial charge in [-0.1, -0.05) is 0 Å². The number of carbonyl (C=O) groups is 1. The molecule has 2 aliphatic rings. The second kappa shape index (κ2) is 6.41. The standard InChI is InChI=1S/C16H21N5OS/c22-16(20-6-3-15-13(8-20)4-7-23-15)10-19-5-1-2-14(19)9-21-12-17-11-18-21/h4,7,11-12,14H,1-3,5-6,8-10H2/t14-/m1/s1. The molecule has 1 atom stereocenters. The zero-order valence-electron chi connectivity index (χ0n) is 13.1. The minimum absolute atomic E-state index is 0.257. The number of hydrogen-bond donors (Lipinski definition) is 0. The van der Waals surface area contributed by atoms with E-state index in [4.69, 9.17) is 0 Å². The van der Waals surface area contributed by atoms with Crippen LogP contribution in [0, 0.1) is 0 Å². The molecule has 4 rings (SSSR count). The number of nitrogens with zero attached hydrogens (tertiary/aromatic N) is 5. The lowest BCUT2D eigenvalue weighted by molar-refractivity contribution is -0.133. The van der Waals surface area contributed by atoms with Gasteiger partial charge in [0.1, 0.15) is 12.7 Å². The maximum atomic E-state index is 12.7. The summed E-state index contributed by atoms with van der Waals surface area (Å²) < 4.78 is 1.87. The molecule has 7 heteroatoms. The molecule has 0 N–H and O–H groups in total. The maximum absolute atomic E-state index is 12.7. The molecule has 2 aromatic rings. The summed E-state index contributed by atoms with van der Waals surface area (Å²) in [6.45, 7) is 3.98. The molecule has 1 saturated heterocycles. The van der Waals surface area contributed by atoms with E-state index in [1.807, 2.05) is 20.9 Å². The molecule has 4 heterocycles. The van der Waals surface area contributed by atoms with Gasteiger partial charge in [-0.25, -0.2) is 4.98 Å². The number of carbonyl (C=O) groups excluding carboxylic acids is 1. The van der Waals surface area contributed by atoms with Crippen molar-refractivity contribution in [2.45, 2.75) is 38.4 Å². The van der Waals surface area contributed by atoms with E-state index in [2.05, 4.69) is 26.4 Å². The van der Waals surface area contributed by atoms with Gasteiger partial charge in [0.05, 0.1) is 13.1 Å². The molecule has 0 radical (unpaired) electrons. The Kier molecular flexibility index (Phi) is 4.13. The van der Waals surface area contributed by atoms with Gasteiger partial charge < -0.3 is 4.90 Å². The van der Waals surface area contributed by atoms with E-state index >= 15 is 0 Å². The van der Waals surface area contributed by atoms with Crippen molar-refractivity contribution in [1.29, 1.82) is 0 Å². The zero-order chi connectivity index (χ0) is 15.6. The number of fused-ring (bicyclic) bond motifs is 1. The molecule has 0 saturated carbocycles. The van der Waals surface area contributed by atoms with Crippen LogP contribution < -0.4 is 0 Å². The molecule has 0 bridgehead atoms. The fourth-order valence-corrected chi connectivity index (χ4v) is 4.48. The predicted octanol–water partition coefficient (Wildman–Crippen LogP) is 1.39. The molecular formula is C16H21N5OS. The SMILES string of the molecule is O=C(CN1CCC[C@@H]1Cn1cncn1)N1CCc2sccc2C1. The van der Waals surface area contributed by atoms with E-state index < -0.39 is 0 Å². The van der Waals surface area contributed by atoms with Gasteiger partial charge in [-0.05, 0) is 42.8 Å². The largest absolute Gasteiger partial charge is 0.337 e. The van der Waals surface area contributed by atoms with Crippen molar-refractivity contribution in [3.63, 3.8) is 0 Å². The average Bonchev–Trinajstić information content (AvgIpc) is 3.29. The highest BCUT2D eigenvalue weighted by atomic mass is 32.1. The molecule has 0 aliphatic carbocycles. The van der Waals surface area contributed by atoms with Crippen LogP contribution in [0.2, 0.25) is 0 Å². The first-order valence-electron chi connectivity index (χ1n) is 8.19. The third-order valence-electron chi connectivity index (χ3n) is 4.86. The summed E-state index contributed by atoms with van der Waals surface area (Å²) in [5.41, 5.74) is 1.33. The lowest BCUT2D eigenvalue weighted by Crippen LogP contribution is -2.44. The van der Waals surface area contributed by atoms with Crippen LogP contribution >= 0.6 is 11.3 Å². The summed E-state index contributed by atoms with van der Waals surface area (Å²) >= 11 is 1.81. The highest BCUT2D eigenvalue weighted by Gasteiger charge is 2.29. The van der Waals surface area contributed by atoms with Crippen LogP contribution in [0.15, 0.2) is 24.1 Å². The van der Waals surface area contributed by atoms with Crippen molar-refractivity contribution >= 4 is 17.2 Å². The number of rotatable bonds is 4. The van der Waals surface area contributed by atoms with E-state index in [0.29, 0.717) is 12.6 Å². The first-order valence-corrected chi connectivity index (χ1v) is 9.07. The van der Waals surface area contributed by atoms with Gasteiger partial charge in [-0.3, -0.25) is 14.4 Å². The van der Waals surface area contributed by atoms with Crippen LogP contribution in [0.1, 0.15) is 23.3 Å². The lowest BCUT2D eigenvalue weighted by Gasteiger charge is -2.30. The number of thiophene rings is 1. The van der Waals surface area contributed by atoms with Gasteiger partial charge in [-0.15, -0.1) is 11.3 Å². The van der Waals surface area contributed by atoms with Crippen LogP contribution in [0.25, 0.3) is 0 Å². The summed E-state index contributed by atoms with van der Waals surface area (Å²) in [5, 5.41) is 6.32. The van der Waals surface area contributed by atoms with Crippen molar-refractivity contribution in [3.05, 3.63) is 34.5 Å². The van der Waals surface area contributed by atoms with Crippen LogP contribution in [-0.4, -0.2) is 56.1 Å².